The first-order valence-corrected chi connectivity index (χ1v) is 9.74. The van der Waals surface area contributed by atoms with Gasteiger partial charge in [-0.25, -0.2) is 14.4 Å². The molecular formula is C19H19FN4O3S. The van der Waals surface area contributed by atoms with Gasteiger partial charge in [0.05, 0.1) is 24.6 Å². The zero-order chi connectivity index (χ0) is 19.5. The van der Waals surface area contributed by atoms with Gasteiger partial charge in [0.15, 0.2) is 5.82 Å². The molecule has 1 aliphatic heterocycles. The minimum atomic E-state index is -0.390. The molecule has 1 aromatic carbocycles. The van der Waals surface area contributed by atoms with Crippen LogP contribution in [0.2, 0.25) is 0 Å². The van der Waals surface area contributed by atoms with Crippen molar-refractivity contribution >= 4 is 17.0 Å². The van der Waals surface area contributed by atoms with Crippen molar-refractivity contribution < 1.29 is 13.9 Å². The molecule has 0 radical (unpaired) electrons. The van der Waals surface area contributed by atoms with Gasteiger partial charge in [0.1, 0.15) is 12.4 Å². The van der Waals surface area contributed by atoms with Gasteiger partial charge in [-0.1, -0.05) is 11.3 Å². The highest BCUT2D eigenvalue weighted by Gasteiger charge is 2.17. The summed E-state index contributed by atoms with van der Waals surface area (Å²) >= 11 is 1.35. The Hall–Kier alpha value is -2.78. The minimum Gasteiger partial charge on any atom is -0.462 e. The lowest BCUT2D eigenvalue weighted by Crippen LogP contribution is -2.36. The fraction of sp³-hybridized carbons (Fsp3) is 0.316. The van der Waals surface area contributed by atoms with E-state index in [0.29, 0.717) is 54.4 Å². The molecule has 146 valence electrons. The summed E-state index contributed by atoms with van der Waals surface area (Å²) in [6.07, 6.45) is 1.64. The number of hydrogen-bond acceptors (Lipinski definition) is 7. The molecular weight excluding hydrogens is 383 g/mol. The summed E-state index contributed by atoms with van der Waals surface area (Å²) in [5, 5.41) is 2.28. The maximum absolute atomic E-state index is 14.8. The van der Waals surface area contributed by atoms with Crippen molar-refractivity contribution in [2.45, 2.75) is 13.5 Å². The molecule has 0 atom stereocenters. The fourth-order valence-electron chi connectivity index (χ4n) is 3.13. The van der Waals surface area contributed by atoms with Crippen molar-refractivity contribution in [1.29, 1.82) is 0 Å². The van der Waals surface area contributed by atoms with Crippen molar-refractivity contribution in [3.05, 3.63) is 63.5 Å². The van der Waals surface area contributed by atoms with E-state index >= 15 is 0 Å². The number of hydrogen-bond donors (Lipinski definition) is 0. The molecule has 1 aliphatic rings. The summed E-state index contributed by atoms with van der Waals surface area (Å²) in [6, 6.07) is 6.18. The van der Waals surface area contributed by atoms with Gasteiger partial charge in [0.25, 0.3) is 10.8 Å². The summed E-state index contributed by atoms with van der Waals surface area (Å²) in [5.41, 5.74) is 1.19. The molecule has 28 heavy (non-hydrogen) atoms. The zero-order valence-corrected chi connectivity index (χ0v) is 16.1. The summed E-state index contributed by atoms with van der Waals surface area (Å²) in [5.74, 6) is -0.00242. The molecule has 3 heterocycles. The summed E-state index contributed by atoms with van der Waals surface area (Å²) in [6.45, 7) is 4.20. The Morgan fingerprint density at radius 3 is 2.82 bits per heavy atom. The molecule has 1 saturated heterocycles. The summed E-state index contributed by atoms with van der Waals surface area (Å²) in [4.78, 5) is 23.0. The lowest BCUT2D eigenvalue weighted by Gasteiger charge is -2.29. The number of halogens is 1. The first kappa shape index (κ1) is 18.6. The van der Waals surface area contributed by atoms with Crippen LogP contribution in [0.15, 0.2) is 40.6 Å². The lowest BCUT2D eigenvalue weighted by atomic mass is 10.2. The molecule has 2 aromatic heterocycles. The molecule has 0 N–H and O–H groups in total. The van der Waals surface area contributed by atoms with Crippen LogP contribution >= 0.6 is 11.3 Å². The predicted molar refractivity (Wildman–Crippen MR) is 104 cm³/mol. The van der Waals surface area contributed by atoms with E-state index in [-0.39, 0.29) is 12.2 Å². The molecule has 3 aromatic rings. The van der Waals surface area contributed by atoms with Gasteiger partial charge in [-0.2, -0.15) is 0 Å². The van der Waals surface area contributed by atoms with E-state index in [9.17, 15) is 9.18 Å². The van der Waals surface area contributed by atoms with Crippen LogP contribution in [-0.2, 0) is 11.3 Å². The van der Waals surface area contributed by atoms with E-state index < -0.39 is 5.82 Å². The smallest absolute Gasteiger partial charge is 0.273 e. The number of morpholine rings is 1. The topological polar surface area (TPSA) is 69.5 Å². The van der Waals surface area contributed by atoms with Crippen LogP contribution < -0.4 is 15.2 Å². The Morgan fingerprint density at radius 1 is 1.29 bits per heavy atom. The molecule has 0 unspecified atom stereocenters. The van der Waals surface area contributed by atoms with Gasteiger partial charge in [-0.3, -0.25) is 9.36 Å². The molecule has 9 heteroatoms. The highest BCUT2D eigenvalue weighted by Crippen LogP contribution is 2.23. The van der Waals surface area contributed by atoms with Crippen LogP contribution in [-0.4, -0.2) is 40.8 Å². The quantitative estimate of drug-likeness (QED) is 0.653. The van der Waals surface area contributed by atoms with E-state index in [1.807, 2.05) is 4.90 Å². The summed E-state index contributed by atoms with van der Waals surface area (Å²) < 4.78 is 27.1. The van der Waals surface area contributed by atoms with Crippen LogP contribution in [0.1, 0.15) is 11.5 Å². The Labute approximate surface area is 165 Å². The Morgan fingerprint density at radius 2 is 2.11 bits per heavy atom. The number of aromatic nitrogens is 3. The molecule has 0 amide bonds. The molecule has 0 spiro atoms. The maximum atomic E-state index is 14.8. The van der Waals surface area contributed by atoms with Crippen molar-refractivity contribution in [1.82, 2.24) is 14.5 Å². The van der Waals surface area contributed by atoms with Crippen molar-refractivity contribution in [2.75, 3.05) is 31.2 Å². The third kappa shape index (κ3) is 3.90. The third-order valence-corrected chi connectivity index (χ3v) is 5.07. The van der Waals surface area contributed by atoms with Crippen LogP contribution in [0.25, 0.3) is 5.69 Å². The van der Waals surface area contributed by atoms with E-state index in [2.05, 4.69) is 9.97 Å². The number of anilines is 1. The summed E-state index contributed by atoms with van der Waals surface area (Å²) in [7, 11) is 0. The first-order valence-electron chi connectivity index (χ1n) is 8.86. The predicted octanol–water partition coefficient (Wildman–Crippen LogP) is 2.55. The second-order valence-electron chi connectivity index (χ2n) is 6.31. The van der Waals surface area contributed by atoms with Crippen LogP contribution in [0, 0.1) is 12.7 Å². The maximum Gasteiger partial charge on any atom is 0.273 e. The standard InChI is InChI=1S/C19H19FN4O3S/c1-13-10-18(25)24(17(22-13)12-27-19-21-4-9-28-19)14-2-3-16(15(20)11-14)23-5-7-26-8-6-23/h2-4,9-11H,5-8,12H2,1H3. The van der Waals surface area contributed by atoms with Gasteiger partial charge in [0, 0.05) is 42.5 Å². The molecule has 0 aliphatic carbocycles. The SMILES string of the molecule is Cc1cc(=O)n(-c2ccc(N3CCOCC3)c(F)c2)c(COc2nccs2)n1. The molecule has 7 nitrogen and oxygen atoms in total. The van der Waals surface area contributed by atoms with Crippen molar-refractivity contribution in [2.24, 2.45) is 0 Å². The van der Waals surface area contributed by atoms with Gasteiger partial charge in [-0.05, 0) is 19.1 Å². The highest BCUT2D eigenvalue weighted by atomic mass is 32.1. The largest absolute Gasteiger partial charge is 0.462 e. The zero-order valence-electron chi connectivity index (χ0n) is 15.3. The van der Waals surface area contributed by atoms with Gasteiger partial charge >= 0.3 is 0 Å². The Bertz CT molecular complexity index is 1020. The number of nitrogens with zero attached hydrogens (tertiary/aromatic N) is 4. The van der Waals surface area contributed by atoms with Crippen LogP contribution in [0.5, 0.6) is 5.19 Å². The molecule has 0 saturated carbocycles. The molecule has 1 fully saturated rings. The molecule has 0 bridgehead atoms. The van der Waals surface area contributed by atoms with E-state index in [0.717, 1.165) is 0 Å². The molecule has 4 rings (SSSR count). The van der Waals surface area contributed by atoms with Crippen LogP contribution in [0.3, 0.4) is 0 Å². The lowest BCUT2D eigenvalue weighted by molar-refractivity contribution is 0.122. The number of ether oxygens (including phenoxy) is 2. The van der Waals surface area contributed by atoms with E-state index in [1.165, 1.54) is 28.0 Å². The van der Waals surface area contributed by atoms with Crippen LogP contribution in [0.4, 0.5) is 10.1 Å². The van der Waals surface area contributed by atoms with E-state index in [4.69, 9.17) is 9.47 Å². The monoisotopic (exact) mass is 402 g/mol. The van der Waals surface area contributed by atoms with Crippen molar-refractivity contribution in [3.8, 4) is 10.9 Å². The van der Waals surface area contributed by atoms with E-state index in [1.54, 1.807) is 30.6 Å². The van der Waals surface area contributed by atoms with Gasteiger partial charge in [0.2, 0.25) is 0 Å². The minimum absolute atomic E-state index is 0.0528. The normalized spacial score (nSPS) is 14.3. The Balaban J connectivity index is 1.67. The number of benzene rings is 1. The second-order valence-corrected chi connectivity index (χ2v) is 7.17. The third-order valence-electron chi connectivity index (χ3n) is 4.39. The highest BCUT2D eigenvalue weighted by molar-refractivity contribution is 7.11. The number of thiazole rings is 1. The van der Waals surface area contributed by atoms with Crippen molar-refractivity contribution in [3.63, 3.8) is 0 Å². The fourth-order valence-corrected chi connectivity index (χ4v) is 3.62. The van der Waals surface area contributed by atoms with Gasteiger partial charge < -0.3 is 14.4 Å². The second kappa shape index (κ2) is 8.07. The first-order chi connectivity index (χ1) is 13.6. The Kier molecular flexibility index (Phi) is 5.36. The average molecular weight is 402 g/mol. The van der Waals surface area contributed by atoms with Gasteiger partial charge in [-0.15, -0.1) is 0 Å². The number of aryl methyl sites for hydroxylation is 1. The number of rotatable bonds is 5. The average Bonchev–Trinajstić information content (AvgIpc) is 3.20.